The molecule has 2 saturated heterocycles. The molecule has 0 spiro atoms. The Labute approximate surface area is 169 Å². The van der Waals surface area contributed by atoms with E-state index in [1.54, 1.807) is 38.4 Å². The number of benzene rings is 1. The van der Waals surface area contributed by atoms with Crippen LogP contribution < -0.4 is 5.32 Å². The van der Waals surface area contributed by atoms with E-state index in [4.69, 9.17) is 16.3 Å². The smallest absolute Gasteiger partial charge is 0.321 e. The first-order valence-corrected chi connectivity index (χ1v) is 10.8. The quantitative estimate of drug-likeness (QED) is 0.760. The third-order valence-corrected chi connectivity index (χ3v) is 6.82. The average molecular weight is 431 g/mol. The van der Waals surface area contributed by atoms with Gasteiger partial charge in [0.15, 0.2) is 0 Å². The number of halogens is 1. The Morgan fingerprint density at radius 3 is 2.75 bits per heavy atom. The lowest BCUT2D eigenvalue weighted by Gasteiger charge is -2.28. The SMILES string of the molecule is CN(C)C(=O)CN1[C@@H]2CN(C(=O)Nc3cccc(Cl)c3)C[C@@H]2OCCS1(=O)=O. The van der Waals surface area contributed by atoms with Gasteiger partial charge in [-0.2, -0.15) is 4.31 Å². The van der Waals surface area contributed by atoms with Crippen LogP contribution in [0.25, 0.3) is 0 Å². The van der Waals surface area contributed by atoms with E-state index < -0.39 is 22.2 Å². The number of carbonyl (C=O) groups is 2. The zero-order valence-electron chi connectivity index (χ0n) is 15.7. The molecule has 2 aliphatic rings. The van der Waals surface area contributed by atoms with E-state index in [0.717, 1.165) is 0 Å². The normalized spacial score (nSPS) is 24.3. The van der Waals surface area contributed by atoms with Crippen molar-refractivity contribution in [3.05, 3.63) is 29.3 Å². The monoisotopic (exact) mass is 430 g/mol. The number of rotatable bonds is 3. The maximum absolute atomic E-state index is 12.6. The van der Waals surface area contributed by atoms with Crippen LogP contribution in [0.2, 0.25) is 5.02 Å². The Hall–Kier alpha value is -1.88. The van der Waals surface area contributed by atoms with Gasteiger partial charge < -0.3 is 19.9 Å². The fourth-order valence-corrected chi connectivity index (χ4v) is 4.90. The number of likely N-dealkylation sites (tertiary alicyclic amines) is 1. The van der Waals surface area contributed by atoms with E-state index in [1.165, 1.54) is 14.1 Å². The Morgan fingerprint density at radius 2 is 2.07 bits per heavy atom. The third-order valence-electron chi connectivity index (χ3n) is 4.79. The third kappa shape index (κ3) is 4.57. The number of amides is 3. The van der Waals surface area contributed by atoms with Crippen LogP contribution in [-0.4, -0.2) is 92.7 Å². The van der Waals surface area contributed by atoms with Crippen LogP contribution in [0, 0.1) is 0 Å². The van der Waals surface area contributed by atoms with Crippen LogP contribution >= 0.6 is 11.6 Å². The molecule has 1 N–H and O–H groups in total. The van der Waals surface area contributed by atoms with Gasteiger partial charge in [-0.25, -0.2) is 13.2 Å². The minimum atomic E-state index is -3.67. The summed E-state index contributed by atoms with van der Waals surface area (Å²) in [5.74, 6) is -0.513. The molecule has 28 heavy (non-hydrogen) atoms. The van der Waals surface area contributed by atoms with Crippen molar-refractivity contribution in [1.82, 2.24) is 14.1 Å². The fourth-order valence-electron chi connectivity index (χ4n) is 3.25. The molecule has 2 fully saturated rings. The van der Waals surface area contributed by atoms with Crippen molar-refractivity contribution in [3.63, 3.8) is 0 Å². The minimum Gasteiger partial charge on any atom is -0.374 e. The number of urea groups is 1. The maximum atomic E-state index is 12.6. The summed E-state index contributed by atoms with van der Waals surface area (Å²) in [5.41, 5.74) is 0.540. The molecule has 1 aromatic carbocycles. The molecule has 0 saturated carbocycles. The second-order valence-corrected chi connectivity index (χ2v) is 9.45. The lowest BCUT2D eigenvalue weighted by molar-refractivity contribution is -0.129. The van der Waals surface area contributed by atoms with Crippen LogP contribution in [0.5, 0.6) is 0 Å². The molecule has 9 nitrogen and oxygen atoms in total. The molecule has 0 radical (unpaired) electrons. The van der Waals surface area contributed by atoms with Gasteiger partial charge in [-0.05, 0) is 18.2 Å². The molecule has 154 valence electrons. The van der Waals surface area contributed by atoms with Crippen molar-refractivity contribution in [2.75, 3.05) is 51.4 Å². The molecule has 0 unspecified atom stereocenters. The molecular weight excluding hydrogens is 408 g/mol. The van der Waals surface area contributed by atoms with Crippen LogP contribution in [-0.2, 0) is 19.6 Å². The number of likely N-dealkylation sites (N-methyl/N-ethyl adjacent to an activating group) is 1. The summed E-state index contributed by atoms with van der Waals surface area (Å²) >= 11 is 5.94. The van der Waals surface area contributed by atoms with Gasteiger partial charge >= 0.3 is 6.03 Å². The van der Waals surface area contributed by atoms with Gasteiger partial charge in [0.2, 0.25) is 15.9 Å². The van der Waals surface area contributed by atoms with E-state index in [2.05, 4.69) is 5.32 Å². The number of nitrogens with zero attached hydrogens (tertiary/aromatic N) is 3. The summed E-state index contributed by atoms with van der Waals surface area (Å²) in [7, 11) is -0.532. The van der Waals surface area contributed by atoms with E-state index in [-0.39, 0.29) is 43.9 Å². The first kappa shape index (κ1) is 20.8. The molecule has 1 aromatic rings. The van der Waals surface area contributed by atoms with E-state index in [0.29, 0.717) is 10.7 Å². The zero-order valence-corrected chi connectivity index (χ0v) is 17.2. The predicted molar refractivity (Wildman–Crippen MR) is 105 cm³/mol. The number of fused-ring (bicyclic) bond motifs is 1. The average Bonchev–Trinajstić information content (AvgIpc) is 2.98. The van der Waals surface area contributed by atoms with Crippen molar-refractivity contribution >= 4 is 39.2 Å². The van der Waals surface area contributed by atoms with Crippen molar-refractivity contribution in [2.45, 2.75) is 12.1 Å². The van der Waals surface area contributed by atoms with Crippen LogP contribution in [0.15, 0.2) is 24.3 Å². The van der Waals surface area contributed by atoms with Crippen molar-refractivity contribution in [1.29, 1.82) is 0 Å². The molecule has 11 heteroatoms. The minimum absolute atomic E-state index is 0.0277. The molecule has 3 amide bonds. The van der Waals surface area contributed by atoms with Gasteiger partial charge in [0.25, 0.3) is 0 Å². The highest BCUT2D eigenvalue weighted by Crippen LogP contribution is 2.26. The van der Waals surface area contributed by atoms with E-state index >= 15 is 0 Å². The summed E-state index contributed by atoms with van der Waals surface area (Å²) in [6.45, 7) is 0.125. The highest BCUT2D eigenvalue weighted by Gasteiger charge is 2.46. The molecule has 2 atom stereocenters. The highest BCUT2D eigenvalue weighted by atomic mass is 35.5. The van der Waals surface area contributed by atoms with Crippen molar-refractivity contribution < 1.29 is 22.7 Å². The number of hydrogen-bond acceptors (Lipinski definition) is 5. The Balaban J connectivity index is 1.76. The van der Waals surface area contributed by atoms with Gasteiger partial charge in [0, 0.05) is 31.4 Å². The maximum Gasteiger partial charge on any atom is 0.321 e. The molecular formula is C17H23ClN4O5S. The van der Waals surface area contributed by atoms with Crippen molar-refractivity contribution in [3.8, 4) is 0 Å². The molecule has 3 rings (SSSR count). The number of hydrogen-bond donors (Lipinski definition) is 1. The van der Waals surface area contributed by atoms with Gasteiger partial charge in [-0.1, -0.05) is 17.7 Å². The number of sulfonamides is 1. The standard InChI is InChI=1S/C17H23ClN4O5S/c1-20(2)16(23)11-22-14-9-21(10-15(14)27-6-7-28(22,25)26)17(24)19-13-5-3-4-12(18)8-13/h3-5,8,14-15H,6-7,9-11H2,1-2H3,(H,19,24)/t14-,15+/m1/s1. The highest BCUT2D eigenvalue weighted by molar-refractivity contribution is 7.89. The molecule has 0 bridgehead atoms. The summed E-state index contributed by atoms with van der Waals surface area (Å²) in [6.07, 6.45) is -0.489. The first-order chi connectivity index (χ1) is 13.2. The number of nitrogens with one attached hydrogen (secondary N) is 1. The second-order valence-electron chi connectivity index (χ2n) is 6.97. The van der Waals surface area contributed by atoms with Crippen LogP contribution in [0.3, 0.4) is 0 Å². The van der Waals surface area contributed by atoms with Gasteiger partial charge in [0.05, 0.1) is 37.6 Å². The number of ether oxygens (including phenoxy) is 1. The molecule has 0 aromatic heterocycles. The first-order valence-electron chi connectivity index (χ1n) is 8.80. The van der Waals surface area contributed by atoms with Gasteiger partial charge in [0.1, 0.15) is 0 Å². The molecule has 2 aliphatic heterocycles. The predicted octanol–water partition coefficient (Wildman–Crippen LogP) is 0.675. The molecule has 0 aliphatic carbocycles. The van der Waals surface area contributed by atoms with Gasteiger partial charge in [-0.15, -0.1) is 0 Å². The summed E-state index contributed by atoms with van der Waals surface area (Å²) in [6, 6.07) is 5.76. The lowest BCUT2D eigenvalue weighted by Crippen LogP contribution is -2.50. The molecule has 2 heterocycles. The topological polar surface area (TPSA) is 99.3 Å². The Bertz CT molecular complexity index is 863. The van der Waals surface area contributed by atoms with Crippen LogP contribution in [0.4, 0.5) is 10.5 Å². The lowest BCUT2D eigenvalue weighted by atomic mass is 10.2. The Kier molecular flexibility index (Phi) is 6.13. The fraction of sp³-hybridized carbons (Fsp3) is 0.529. The zero-order chi connectivity index (χ0) is 20.5. The summed E-state index contributed by atoms with van der Waals surface area (Å²) < 4.78 is 32.2. The van der Waals surface area contributed by atoms with Crippen LogP contribution in [0.1, 0.15) is 0 Å². The van der Waals surface area contributed by atoms with E-state index in [9.17, 15) is 18.0 Å². The number of carbonyl (C=O) groups excluding carboxylic acids is 2. The summed E-state index contributed by atoms with van der Waals surface area (Å²) in [4.78, 5) is 27.6. The largest absolute Gasteiger partial charge is 0.374 e. The van der Waals surface area contributed by atoms with Gasteiger partial charge in [-0.3, -0.25) is 4.79 Å². The summed E-state index contributed by atoms with van der Waals surface area (Å²) in [5, 5.41) is 3.24. The second kappa shape index (κ2) is 8.24. The number of anilines is 1. The van der Waals surface area contributed by atoms with E-state index in [1.807, 2.05) is 0 Å². The Morgan fingerprint density at radius 1 is 1.32 bits per heavy atom. The van der Waals surface area contributed by atoms with Crippen molar-refractivity contribution in [2.24, 2.45) is 0 Å².